The fourth-order valence-electron chi connectivity index (χ4n) is 2.02. The van der Waals surface area contributed by atoms with Gasteiger partial charge in [-0.1, -0.05) is 36.4 Å². The van der Waals surface area contributed by atoms with Crippen molar-refractivity contribution in [1.29, 1.82) is 0 Å². The number of benzene rings is 2. The number of hydrogen-bond donors (Lipinski definition) is 1. The summed E-state index contributed by atoms with van der Waals surface area (Å²) >= 11 is 0. The summed E-state index contributed by atoms with van der Waals surface area (Å²) in [5.41, 5.74) is 1.53. The highest BCUT2D eigenvalue weighted by Crippen LogP contribution is 2.31. The molecular weight excluding hydrogens is 266 g/mol. The van der Waals surface area contributed by atoms with Gasteiger partial charge in [0.1, 0.15) is 0 Å². The molecule has 0 aromatic heterocycles. The van der Waals surface area contributed by atoms with Crippen LogP contribution in [0.2, 0.25) is 0 Å². The topological polar surface area (TPSA) is 47.6 Å². The van der Waals surface area contributed by atoms with Gasteiger partial charge in [0.15, 0.2) is 11.5 Å². The Balaban J connectivity index is 2.15. The van der Waals surface area contributed by atoms with Crippen molar-refractivity contribution in [3.05, 3.63) is 59.7 Å². The quantitative estimate of drug-likeness (QED) is 0.887. The summed E-state index contributed by atoms with van der Waals surface area (Å²) < 4.78 is 10.8. The molecule has 0 heterocycles. The van der Waals surface area contributed by atoms with Gasteiger partial charge in [-0.25, -0.2) is 0 Å². The lowest BCUT2D eigenvalue weighted by Gasteiger charge is -2.14. The van der Waals surface area contributed by atoms with Crippen molar-refractivity contribution in [2.75, 3.05) is 13.7 Å². The van der Waals surface area contributed by atoms with Crippen LogP contribution in [-0.2, 0) is 6.54 Å². The molecule has 4 heteroatoms. The van der Waals surface area contributed by atoms with E-state index in [2.05, 4.69) is 5.32 Å². The Bertz CT molecular complexity index is 596. The number of methoxy groups -OCH3 is 1. The Morgan fingerprint density at radius 1 is 1.10 bits per heavy atom. The van der Waals surface area contributed by atoms with Crippen molar-refractivity contribution in [1.82, 2.24) is 5.32 Å². The number of rotatable bonds is 6. The standard InChI is InChI=1S/C17H19NO3/c1-3-21-16-14(10-7-11-15(16)20-2)17(19)18-12-13-8-5-4-6-9-13/h4-11H,3,12H2,1-2H3,(H,18,19). The molecule has 2 aromatic rings. The van der Waals surface area contributed by atoms with Crippen molar-refractivity contribution in [3.63, 3.8) is 0 Å². The SMILES string of the molecule is CCOc1c(OC)cccc1C(=O)NCc1ccccc1. The molecular formula is C17H19NO3. The maximum atomic E-state index is 12.3. The van der Waals surface area contributed by atoms with Crippen LogP contribution < -0.4 is 14.8 Å². The number of amides is 1. The lowest BCUT2D eigenvalue weighted by atomic mass is 10.1. The van der Waals surface area contributed by atoms with Gasteiger partial charge in [-0.15, -0.1) is 0 Å². The van der Waals surface area contributed by atoms with E-state index in [0.29, 0.717) is 30.2 Å². The van der Waals surface area contributed by atoms with Crippen LogP contribution in [0, 0.1) is 0 Å². The highest BCUT2D eigenvalue weighted by Gasteiger charge is 2.16. The van der Waals surface area contributed by atoms with E-state index in [1.54, 1.807) is 25.3 Å². The second-order valence-electron chi connectivity index (χ2n) is 4.44. The molecule has 1 N–H and O–H groups in total. The molecule has 0 radical (unpaired) electrons. The van der Waals surface area contributed by atoms with Crippen LogP contribution in [0.3, 0.4) is 0 Å². The summed E-state index contributed by atoms with van der Waals surface area (Å²) in [5.74, 6) is 0.860. The summed E-state index contributed by atoms with van der Waals surface area (Å²) in [6.45, 7) is 2.82. The number of para-hydroxylation sites is 1. The van der Waals surface area contributed by atoms with Crippen LogP contribution in [0.4, 0.5) is 0 Å². The first kappa shape index (κ1) is 14.9. The maximum absolute atomic E-state index is 12.3. The van der Waals surface area contributed by atoms with Crippen LogP contribution in [-0.4, -0.2) is 19.6 Å². The molecule has 0 bridgehead atoms. The van der Waals surface area contributed by atoms with Crippen LogP contribution in [0.15, 0.2) is 48.5 Å². The minimum atomic E-state index is -0.179. The van der Waals surface area contributed by atoms with Crippen molar-refractivity contribution >= 4 is 5.91 Å². The average molecular weight is 285 g/mol. The van der Waals surface area contributed by atoms with Gasteiger partial charge >= 0.3 is 0 Å². The number of ether oxygens (including phenoxy) is 2. The van der Waals surface area contributed by atoms with Crippen LogP contribution in [0.25, 0.3) is 0 Å². The molecule has 0 aliphatic heterocycles. The largest absolute Gasteiger partial charge is 0.493 e. The summed E-state index contributed by atoms with van der Waals surface area (Å²) in [7, 11) is 1.56. The molecule has 0 saturated carbocycles. The second-order valence-corrected chi connectivity index (χ2v) is 4.44. The molecule has 21 heavy (non-hydrogen) atoms. The van der Waals surface area contributed by atoms with Crippen LogP contribution in [0.1, 0.15) is 22.8 Å². The number of nitrogens with one attached hydrogen (secondary N) is 1. The Labute approximate surface area is 124 Å². The van der Waals surface area contributed by atoms with Gasteiger partial charge < -0.3 is 14.8 Å². The van der Waals surface area contributed by atoms with Crippen LogP contribution in [0.5, 0.6) is 11.5 Å². The molecule has 4 nitrogen and oxygen atoms in total. The van der Waals surface area contributed by atoms with E-state index in [1.807, 2.05) is 37.3 Å². The summed E-state index contributed by atoms with van der Waals surface area (Å²) in [6, 6.07) is 15.0. The molecule has 0 aliphatic rings. The highest BCUT2D eigenvalue weighted by molar-refractivity contribution is 5.97. The van der Waals surface area contributed by atoms with Crippen molar-refractivity contribution < 1.29 is 14.3 Å². The predicted octanol–water partition coefficient (Wildman–Crippen LogP) is 3.02. The van der Waals surface area contributed by atoms with E-state index >= 15 is 0 Å². The Kier molecular flexibility index (Phi) is 5.21. The van der Waals surface area contributed by atoms with E-state index in [9.17, 15) is 4.79 Å². The normalized spacial score (nSPS) is 10.0. The fraction of sp³-hybridized carbons (Fsp3) is 0.235. The monoisotopic (exact) mass is 285 g/mol. The molecule has 0 saturated heterocycles. The second kappa shape index (κ2) is 7.33. The van der Waals surface area contributed by atoms with E-state index in [4.69, 9.17) is 9.47 Å². The third kappa shape index (κ3) is 3.75. The molecule has 0 aliphatic carbocycles. The van der Waals surface area contributed by atoms with E-state index < -0.39 is 0 Å². The molecule has 1 amide bonds. The Hall–Kier alpha value is -2.49. The summed E-state index contributed by atoms with van der Waals surface area (Å²) in [4.78, 5) is 12.3. The third-order valence-electron chi connectivity index (χ3n) is 3.03. The Morgan fingerprint density at radius 2 is 1.86 bits per heavy atom. The molecule has 0 unspecified atom stereocenters. The van der Waals surface area contributed by atoms with E-state index in [0.717, 1.165) is 5.56 Å². The third-order valence-corrected chi connectivity index (χ3v) is 3.03. The summed E-state index contributed by atoms with van der Waals surface area (Å²) in [6.07, 6.45) is 0. The predicted molar refractivity (Wildman–Crippen MR) is 81.8 cm³/mol. The molecule has 110 valence electrons. The zero-order chi connectivity index (χ0) is 15.1. The van der Waals surface area contributed by atoms with Gasteiger partial charge in [0.25, 0.3) is 5.91 Å². The molecule has 0 fully saturated rings. The van der Waals surface area contributed by atoms with Gasteiger partial charge in [0, 0.05) is 6.54 Å². The molecule has 2 aromatic carbocycles. The lowest BCUT2D eigenvalue weighted by molar-refractivity contribution is 0.0946. The average Bonchev–Trinajstić information content (AvgIpc) is 2.54. The van der Waals surface area contributed by atoms with Gasteiger partial charge in [0.05, 0.1) is 19.3 Å². The van der Waals surface area contributed by atoms with Crippen molar-refractivity contribution in [2.45, 2.75) is 13.5 Å². The molecule has 0 atom stereocenters. The van der Waals surface area contributed by atoms with Crippen molar-refractivity contribution in [3.8, 4) is 11.5 Å². The Morgan fingerprint density at radius 3 is 2.52 bits per heavy atom. The minimum absolute atomic E-state index is 0.179. The zero-order valence-corrected chi connectivity index (χ0v) is 12.3. The smallest absolute Gasteiger partial charge is 0.255 e. The zero-order valence-electron chi connectivity index (χ0n) is 12.3. The van der Waals surface area contributed by atoms with E-state index in [-0.39, 0.29) is 5.91 Å². The number of carbonyl (C=O) groups is 1. The van der Waals surface area contributed by atoms with Crippen molar-refractivity contribution in [2.24, 2.45) is 0 Å². The molecule has 2 rings (SSSR count). The number of hydrogen-bond acceptors (Lipinski definition) is 3. The maximum Gasteiger partial charge on any atom is 0.255 e. The first-order valence-electron chi connectivity index (χ1n) is 6.88. The first-order chi connectivity index (χ1) is 10.3. The van der Waals surface area contributed by atoms with Crippen LogP contribution >= 0.6 is 0 Å². The van der Waals surface area contributed by atoms with Gasteiger partial charge in [-0.3, -0.25) is 4.79 Å². The lowest BCUT2D eigenvalue weighted by Crippen LogP contribution is -2.23. The highest BCUT2D eigenvalue weighted by atomic mass is 16.5. The number of carbonyl (C=O) groups excluding carboxylic acids is 1. The first-order valence-corrected chi connectivity index (χ1v) is 6.88. The molecule has 0 spiro atoms. The van der Waals surface area contributed by atoms with E-state index in [1.165, 1.54) is 0 Å². The van der Waals surface area contributed by atoms with Gasteiger partial charge in [-0.2, -0.15) is 0 Å². The summed E-state index contributed by atoms with van der Waals surface area (Å²) in [5, 5.41) is 2.89. The van der Waals surface area contributed by atoms with Gasteiger partial charge in [-0.05, 0) is 24.6 Å². The van der Waals surface area contributed by atoms with Gasteiger partial charge in [0.2, 0.25) is 0 Å². The minimum Gasteiger partial charge on any atom is -0.493 e. The fourth-order valence-corrected chi connectivity index (χ4v) is 2.02.